The molecule has 3 aromatic rings. The van der Waals surface area contributed by atoms with Crippen LogP contribution < -0.4 is 14.5 Å². The first-order valence-electron chi connectivity index (χ1n) is 9.41. The monoisotopic (exact) mass is 457 g/mol. The fourth-order valence-electron chi connectivity index (χ4n) is 2.82. The first-order chi connectivity index (χ1) is 14.8. The SMILES string of the molecule is COc1ccccc1N(CC(=O)N/N=C\c1sccc1C)S(=O)(=O)c1ccc(C)cc1. The van der Waals surface area contributed by atoms with Gasteiger partial charge in [-0.1, -0.05) is 29.8 Å². The molecule has 162 valence electrons. The smallest absolute Gasteiger partial charge is 0.264 e. The summed E-state index contributed by atoms with van der Waals surface area (Å²) in [7, 11) is -2.58. The van der Waals surface area contributed by atoms with Gasteiger partial charge in [0.15, 0.2) is 0 Å². The second-order valence-electron chi connectivity index (χ2n) is 6.76. The minimum Gasteiger partial charge on any atom is -0.495 e. The minimum absolute atomic E-state index is 0.0783. The molecule has 0 saturated heterocycles. The van der Waals surface area contributed by atoms with Crippen molar-refractivity contribution in [2.45, 2.75) is 18.7 Å². The van der Waals surface area contributed by atoms with Gasteiger partial charge in [-0.3, -0.25) is 9.10 Å². The van der Waals surface area contributed by atoms with Crippen LogP contribution >= 0.6 is 11.3 Å². The third-order valence-electron chi connectivity index (χ3n) is 4.52. The van der Waals surface area contributed by atoms with Crippen LogP contribution in [0.3, 0.4) is 0 Å². The van der Waals surface area contributed by atoms with Gasteiger partial charge in [-0.05, 0) is 55.1 Å². The number of carbonyl (C=O) groups is 1. The number of nitrogens with one attached hydrogen (secondary N) is 1. The van der Waals surface area contributed by atoms with Gasteiger partial charge < -0.3 is 4.74 Å². The molecule has 0 aliphatic heterocycles. The van der Waals surface area contributed by atoms with Crippen molar-refractivity contribution >= 4 is 39.2 Å². The Labute approximate surface area is 186 Å². The van der Waals surface area contributed by atoms with Crippen molar-refractivity contribution in [2.75, 3.05) is 18.0 Å². The normalized spacial score (nSPS) is 11.5. The number of benzene rings is 2. The predicted molar refractivity (Wildman–Crippen MR) is 123 cm³/mol. The lowest BCUT2D eigenvalue weighted by molar-refractivity contribution is -0.119. The van der Waals surface area contributed by atoms with Gasteiger partial charge in [0.1, 0.15) is 12.3 Å². The number of methoxy groups -OCH3 is 1. The fourth-order valence-corrected chi connectivity index (χ4v) is 5.04. The van der Waals surface area contributed by atoms with E-state index in [9.17, 15) is 13.2 Å². The van der Waals surface area contributed by atoms with Gasteiger partial charge in [-0.2, -0.15) is 5.10 Å². The number of sulfonamides is 1. The average molecular weight is 458 g/mol. The second kappa shape index (κ2) is 9.76. The van der Waals surface area contributed by atoms with E-state index in [0.29, 0.717) is 5.75 Å². The highest BCUT2D eigenvalue weighted by Gasteiger charge is 2.29. The molecule has 0 bridgehead atoms. The van der Waals surface area contributed by atoms with Crippen LogP contribution in [-0.2, 0) is 14.8 Å². The van der Waals surface area contributed by atoms with Crippen LogP contribution in [0.4, 0.5) is 5.69 Å². The van der Waals surface area contributed by atoms with Gasteiger partial charge in [-0.15, -0.1) is 11.3 Å². The van der Waals surface area contributed by atoms with Gasteiger partial charge in [0.2, 0.25) is 0 Å². The lowest BCUT2D eigenvalue weighted by Gasteiger charge is -2.25. The Hall–Kier alpha value is -3.17. The van der Waals surface area contributed by atoms with E-state index in [-0.39, 0.29) is 10.6 Å². The molecule has 31 heavy (non-hydrogen) atoms. The summed E-state index contributed by atoms with van der Waals surface area (Å²) in [6, 6.07) is 15.1. The minimum atomic E-state index is -4.03. The van der Waals surface area contributed by atoms with Crippen LogP contribution in [0, 0.1) is 13.8 Å². The standard InChI is InChI=1S/C22H23N3O4S2/c1-16-8-10-18(11-9-16)31(27,28)25(19-6-4-5-7-20(19)29-3)15-22(26)24-23-14-21-17(2)12-13-30-21/h4-14H,15H2,1-3H3,(H,24,26)/b23-14-. The highest BCUT2D eigenvalue weighted by Crippen LogP contribution is 2.32. The van der Waals surface area contributed by atoms with E-state index in [4.69, 9.17) is 4.74 Å². The van der Waals surface area contributed by atoms with Crippen LogP contribution in [0.1, 0.15) is 16.0 Å². The van der Waals surface area contributed by atoms with Gasteiger partial charge in [0, 0.05) is 4.88 Å². The van der Waals surface area contributed by atoms with Crippen molar-refractivity contribution in [3.05, 3.63) is 76.0 Å². The highest BCUT2D eigenvalue weighted by molar-refractivity contribution is 7.92. The van der Waals surface area contributed by atoms with Crippen molar-refractivity contribution in [3.8, 4) is 5.75 Å². The summed E-state index contributed by atoms with van der Waals surface area (Å²) in [4.78, 5) is 13.6. The molecule has 9 heteroatoms. The zero-order valence-electron chi connectivity index (χ0n) is 17.4. The molecule has 1 amide bonds. The molecule has 1 N–H and O–H groups in total. The molecule has 7 nitrogen and oxygen atoms in total. The third-order valence-corrected chi connectivity index (χ3v) is 7.25. The Morgan fingerprint density at radius 2 is 1.84 bits per heavy atom. The fraction of sp³-hybridized carbons (Fsp3) is 0.182. The number of aryl methyl sites for hydroxylation is 2. The van der Waals surface area contributed by atoms with E-state index in [1.54, 1.807) is 42.6 Å². The molecule has 0 radical (unpaired) electrons. The molecule has 0 aliphatic rings. The van der Waals surface area contributed by atoms with E-state index in [1.165, 1.54) is 30.6 Å². The highest BCUT2D eigenvalue weighted by atomic mass is 32.2. The number of ether oxygens (including phenoxy) is 1. The summed E-state index contributed by atoms with van der Waals surface area (Å²) < 4.78 is 33.2. The molecule has 2 aromatic carbocycles. The first-order valence-corrected chi connectivity index (χ1v) is 11.7. The molecule has 0 unspecified atom stereocenters. The Bertz CT molecular complexity index is 1190. The Kier molecular flexibility index (Phi) is 7.09. The third kappa shape index (κ3) is 5.31. The predicted octanol–water partition coefficient (Wildman–Crippen LogP) is 3.72. The van der Waals surface area contributed by atoms with E-state index >= 15 is 0 Å². The zero-order valence-corrected chi connectivity index (χ0v) is 19.0. The van der Waals surface area contributed by atoms with Gasteiger partial charge in [0.25, 0.3) is 15.9 Å². The summed E-state index contributed by atoms with van der Waals surface area (Å²) in [5.74, 6) is -0.240. The summed E-state index contributed by atoms with van der Waals surface area (Å²) in [6.45, 7) is 3.35. The number of rotatable bonds is 8. The van der Waals surface area contributed by atoms with Gasteiger partial charge in [0.05, 0.1) is 23.9 Å². The molecule has 0 saturated carbocycles. The summed E-state index contributed by atoms with van der Waals surface area (Å²) in [5.41, 5.74) is 4.64. The molecular formula is C22H23N3O4S2. The number of anilines is 1. The van der Waals surface area contributed by atoms with E-state index < -0.39 is 22.5 Å². The van der Waals surface area contributed by atoms with Crippen LogP contribution in [-0.4, -0.2) is 34.2 Å². The van der Waals surface area contributed by atoms with Crippen LogP contribution in [0.25, 0.3) is 0 Å². The Balaban J connectivity index is 1.90. The van der Waals surface area contributed by atoms with Crippen LogP contribution in [0.5, 0.6) is 5.75 Å². The van der Waals surface area contributed by atoms with Gasteiger partial charge >= 0.3 is 0 Å². The lowest BCUT2D eigenvalue weighted by Crippen LogP contribution is -2.39. The Morgan fingerprint density at radius 1 is 1.13 bits per heavy atom. The maximum absolute atomic E-state index is 13.4. The van der Waals surface area contributed by atoms with Crippen molar-refractivity contribution in [2.24, 2.45) is 5.10 Å². The maximum atomic E-state index is 13.4. The van der Waals surface area contributed by atoms with E-state index in [0.717, 1.165) is 20.3 Å². The zero-order chi connectivity index (χ0) is 22.4. The number of amides is 1. The number of nitrogens with zero attached hydrogens (tertiary/aromatic N) is 2. The summed E-state index contributed by atoms with van der Waals surface area (Å²) >= 11 is 1.50. The van der Waals surface area contributed by atoms with Gasteiger partial charge in [-0.25, -0.2) is 13.8 Å². The summed E-state index contributed by atoms with van der Waals surface area (Å²) in [6.07, 6.45) is 1.54. The number of hydrogen-bond acceptors (Lipinski definition) is 6. The topological polar surface area (TPSA) is 88.1 Å². The molecule has 3 rings (SSSR count). The largest absolute Gasteiger partial charge is 0.495 e. The molecule has 0 atom stereocenters. The molecule has 1 aromatic heterocycles. The summed E-state index contributed by atoms with van der Waals surface area (Å²) in [5, 5.41) is 5.89. The lowest BCUT2D eigenvalue weighted by atomic mass is 10.2. The number of carbonyl (C=O) groups excluding carboxylic acids is 1. The van der Waals surface area contributed by atoms with Crippen molar-refractivity contribution < 1.29 is 17.9 Å². The van der Waals surface area contributed by atoms with Crippen molar-refractivity contribution in [1.82, 2.24) is 5.43 Å². The quantitative estimate of drug-likeness (QED) is 0.412. The molecular weight excluding hydrogens is 434 g/mol. The maximum Gasteiger partial charge on any atom is 0.264 e. The first kappa shape index (κ1) is 22.5. The van der Waals surface area contributed by atoms with Crippen LogP contribution in [0.15, 0.2) is 70.0 Å². The molecule has 1 heterocycles. The number of hydrogen-bond donors (Lipinski definition) is 1. The molecule has 0 spiro atoms. The number of hydrazone groups is 1. The van der Waals surface area contributed by atoms with E-state index in [1.807, 2.05) is 25.3 Å². The van der Waals surface area contributed by atoms with Crippen molar-refractivity contribution in [1.29, 1.82) is 0 Å². The van der Waals surface area contributed by atoms with Crippen molar-refractivity contribution in [3.63, 3.8) is 0 Å². The van der Waals surface area contributed by atoms with Crippen LogP contribution in [0.2, 0.25) is 0 Å². The Morgan fingerprint density at radius 3 is 2.48 bits per heavy atom. The molecule has 0 aliphatic carbocycles. The number of thiophene rings is 1. The average Bonchev–Trinajstić information content (AvgIpc) is 3.17. The molecule has 0 fully saturated rings. The second-order valence-corrected chi connectivity index (χ2v) is 9.57. The number of para-hydroxylation sites is 2. The van der Waals surface area contributed by atoms with E-state index in [2.05, 4.69) is 10.5 Å².